The quantitative estimate of drug-likeness (QED) is 0.650. The van der Waals surface area contributed by atoms with Crippen LogP contribution < -0.4 is 0 Å². The Hall–Kier alpha value is -0.610. The molecule has 2 unspecified atom stereocenters. The molecule has 0 aromatic carbocycles. The average Bonchev–Trinajstić information content (AvgIpc) is 2.25. The summed E-state index contributed by atoms with van der Waals surface area (Å²) in [7, 11) is 0. The number of carbonyl (C=O) groups excluding carboxylic acids is 1. The van der Waals surface area contributed by atoms with Crippen molar-refractivity contribution in [3.05, 3.63) is 0 Å². The van der Waals surface area contributed by atoms with E-state index < -0.39 is 5.79 Å². The molecule has 0 bridgehead atoms. The van der Waals surface area contributed by atoms with Gasteiger partial charge in [-0.1, -0.05) is 0 Å². The monoisotopic (exact) mass is 202 g/mol. The average molecular weight is 202 g/mol. The van der Waals surface area contributed by atoms with Gasteiger partial charge in [0.1, 0.15) is 0 Å². The molecule has 1 heterocycles. The second-order valence-electron chi connectivity index (χ2n) is 3.76. The van der Waals surface area contributed by atoms with Crippen LogP contribution in [0.5, 0.6) is 0 Å². The van der Waals surface area contributed by atoms with Gasteiger partial charge in [-0.3, -0.25) is 4.79 Å². The third-order valence-electron chi connectivity index (χ3n) is 2.30. The van der Waals surface area contributed by atoms with E-state index in [1.165, 1.54) is 0 Å². The molecule has 2 atom stereocenters. The molecule has 1 rings (SSSR count). The zero-order valence-electron chi connectivity index (χ0n) is 9.20. The molecule has 0 saturated carbocycles. The van der Waals surface area contributed by atoms with Crippen LogP contribution in [0.4, 0.5) is 0 Å². The Balaban J connectivity index is 2.47. The van der Waals surface area contributed by atoms with Gasteiger partial charge in [0, 0.05) is 0 Å². The molecule has 0 aromatic rings. The van der Waals surface area contributed by atoms with E-state index in [1.807, 2.05) is 13.8 Å². The van der Waals surface area contributed by atoms with Crippen molar-refractivity contribution in [3.63, 3.8) is 0 Å². The summed E-state index contributed by atoms with van der Waals surface area (Å²) in [5, 5.41) is 0. The highest BCUT2D eigenvalue weighted by atomic mass is 16.8. The number of hydrogen-bond acceptors (Lipinski definition) is 4. The third kappa shape index (κ3) is 2.69. The highest BCUT2D eigenvalue weighted by Crippen LogP contribution is 2.31. The van der Waals surface area contributed by atoms with Gasteiger partial charge in [-0.2, -0.15) is 0 Å². The van der Waals surface area contributed by atoms with Crippen LogP contribution in [0.15, 0.2) is 0 Å². The van der Waals surface area contributed by atoms with Crippen molar-refractivity contribution in [2.75, 3.05) is 6.61 Å². The van der Waals surface area contributed by atoms with Gasteiger partial charge in [-0.15, -0.1) is 0 Å². The highest BCUT2D eigenvalue weighted by molar-refractivity contribution is 5.70. The summed E-state index contributed by atoms with van der Waals surface area (Å²) in [5.41, 5.74) is 0. The maximum absolute atomic E-state index is 11.2. The van der Waals surface area contributed by atoms with E-state index in [4.69, 9.17) is 14.2 Å². The Morgan fingerprint density at radius 1 is 1.36 bits per heavy atom. The predicted octanol–water partition coefficient (Wildman–Crippen LogP) is 1.48. The van der Waals surface area contributed by atoms with Gasteiger partial charge >= 0.3 is 5.97 Å². The normalized spacial score (nSPS) is 37.1. The van der Waals surface area contributed by atoms with Crippen LogP contribution >= 0.6 is 0 Å². The first-order valence-corrected chi connectivity index (χ1v) is 4.98. The standard InChI is InChI=1S/C10H18O4/c1-5-12-9(11)6-10(4)13-7(2)8(3)14-10/h7-8H,5-6H2,1-4H3. The highest BCUT2D eigenvalue weighted by Gasteiger charge is 2.41. The van der Waals surface area contributed by atoms with Crippen molar-refractivity contribution in [3.8, 4) is 0 Å². The van der Waals surface area contributed by atoms with Crippen LogP contribution in [0.25, 0.3) is 0 Å². The Morgan fingerprint density at radius 3 is 2.29 bits per heavy atom. The maximum atomic E-state index is 11.2. The van der Waals surface area contributed by atoms with Gasteiger partial charge in [0.2, 0.25) is 0 Å². The smallest absolute Gasteiger partial charge is 0.311 e. The first-order chi connectivity index (χ1) is 6.47. The van der Waals surface area contributed by atoms with Gasteiger partial charge in [0.25, 0.3) is 0 Å². The van der Waals surface area contributed by atoms with Gasteiger partial charge in [0.05, 0.1) is 25.2 Å². The largest absolute Gasteiger partial charge is 0.466 e. The van der Waals surface area contributed by atoms with E-state index in [-0.39, 0.29) is 24.6 Å². The second kappa shape index (κ2) is 4.28. The van der Waals surface area contributed by atoms with Crippen molar-refractivity contribution in [1.29, 1.82) is 0 Å². The molecule has 4 nitrogen and oxygen atoms in total. The molecular formula is C10H18O4. The van der Waals surface area contributed by atoms with Gasteiger partial charge < -0.3 is 14.2 Å². The van der Waals surface area contributed by atoms with E-state index in [1.54, 1.807) is 13.8 Å². The lowest BCUT2D eigenvalue weighted by Gasteiger charge is -2.21. The Labute approximate surface area is 84.5 Å². The Morgan fingerprint density at radius 2 is 1.86 bits per heavy atom. The van der Waals surface area contributed by atoms with E-state index in [0.717, 1.165) is 0 Å². The number of esters is 1. The third-order valence-corrected chi connectivity index (χ3v) is 2.30. The summed E-state index contributed by atoms with van der Waals surface area (Å²) in [4.78, 5) is 11.2. The lowest BCUT2D eigenvalue weighted by molar-refractivity contribution is -0.182. The van der Waals surface area contributed by atoms with Crippen LogP contribution in [0.2, 0.25) is 0 Å². The minimum absolute atomic E-state index is 0.0226. The summed E-state index contributed by atoms with van der Waals surface area (Å²) in [6, 6.07) is 0. The van der Waals surface area contributed by atoms with Crippen LogP contribution in [0, 0.1) is 0 Å². The van der Waals surface area contributed by atoms with Crippen molar-refractivity contribution < 1.29 is 19.0 Å². The minimum atomic E-state index is -0.814. The van der Waals surface area contributed by atoms with Crippen molar-refractivity contribution in [2.45, 2.75) is 52.1 Å². The number of carbonyl (C=O) groups is 1. The van der Waals surface area contributed by atoms with Crippen LogP contribution in [-0.2, 0) is 19.0 Å². The zero-order valence-corrected chi connectivity index (χ0v) is 9.20. The fraction of sp³-hybridized carbons (Fsp3) is 0.900. The first kappa shape index (κ1) is 11.5. The Kier molecular flexibility index (Phi) is 3.50. The maximum Gasteiger partial charge on any atom is 0.311 e. The lowest BCUT2D eigenvalue weighted by atomic mass is 10.2. The van der Waals surface area contributed by atoms with E-state index in [0.29, 0.717) is 6.61 Å². The number of ether oxygens (including phenoxy) is 3. The summed E-state index contributed by atoms with van der Waals surface area (Å²) in [6.45, 7) is 7.80. The fourth-order valence-corrected chi connectivity index (χ4v) is 1.56. The van der Waals surface area contributed by atoms with Crippen molar-refractivity contribution in [1.82, 2.24) is 0 Å². The summed E-state index contributed by atoms with van der Waals surface area (Å²) < 4.78 is 16.0. The molecule has 0 spiro atoms. The fourth-order valence-electron chi connectivity index (χ4n) is 1.56. The van der Waals surface area contributed by atoms with Gasteiger partial charge in [0.15, 0.2) is 5.79 Å². The molecular weight excluding hydrogens is 184 g/mol. The zero-order chi connectivity index (χ0) is 10.8. The predicted molar refractivity (Wildman–Crippen MR) is 50.7 cm³/mol. The molecule has 14 heavy (non-hydrogen) atoms. The first-order valence-electron chi connectivity index (χ1n) is 4.98. The van der Waals surface area contributed by atoms with Crippen molar-refractivity contribution in [2.24, 2.45) is 0 Å². The molecule has 0 aromatic heterocycles. The SMILES string of the molecule is CCOC(=O)CC1(C)OC(C)C(C)O1. The lowest BCUT2D eigenvalue weighted by Crippen LogP contribution is -2.30. The molecule has 0 aliphatic carbocycles. The molecule has 82 valence electrons. The van der Waals surface area contributed by atoms with E-state index in [2.05, 4.69) is 0 Å². The van der Waals surface area contributed by atoms with Gasteiger partial charge in [-0.25, -0.2) is 0 Å². The van der Waals surface area contributed by atoms with E-state index >= 15 is 0 Å². The van der Waals surface area contributed by atoms with Crippen LogP contribution in [-0.4, -0.2) is 30.6 Å². The topological polar surface area (TPSA) is 44.8 Å². The molecule has 1 saturated heterocycles. The molecule has 1 aliphatic rings. The minimum Gasteiger partial charge on any atom is -0.466 e. The molecule has 1 aliphatic heterocycles. The molecule has 0 N–H and O–H groups in total. The number of hydrogen-bond donors (Lipinski definition) is 0. The second-order valence-corrected chi connectivity index (χ2v) is 3.76. The molecule has 4 heteroatoms. The Bertz CT molecular complexity index is 204. The summed E-state index contributed by atoms with van der Waals surface area (Å²) in [6.07, 6.45) is 0.194. The van der Waals surface area contributed by atoms with Crippen LogP contribution in [0.1, 0.15) is 34.1 Å². The summed E-state index contributed by atoms with van der Waals surface area (Å²) >= 11 is 0. The summed E-state index contributed by atoms with van der Waals surface area (Å²) in [5.74, 6) is -1.10. The van der Waals surface area contributed by atoms with Crippen molar-refractivity contribution >= 4 is 5.97 Å². The molecule has 1 fully saturated rings. The van der Waals surface area contributed by atoms with E-state index in [9.17, 15) is 4.79 Å². The molecule has 0 radical (unpaired) electrons. The molecule has 0 amide bonds. The van der Waals surface area contributed by atoms with Gasteiger partial charge in [-0.05, 0) is 27.7 Å². The van der Waals surface area contributed by atoms with Crippen LogP contribution in [0.3, 0.4) is 0 Å². The number of rotatable bonds is 3.